The standard InChI is InChI=1S/C15H17N5/c1-10-8-14(12-6-4-5-7-13(12)17-10)18-11(2)15-19-16-9-20(15)3/h4-9,11H,1-3H3,(H,17,18). The summed E-state index contributed by atoms with van der Waals surface area (Å²) in [5.41, 5.74) is 3.07. The van der Waals surface area contributed by atoms with Gasteiger partial charge in [-0.1, -0.05) is 18.2 Å². The van der Waals surface area contributed by atoms with E-state index in [1.54, 1.807) is 6.33 Å². The summed E-state index contributed by atoms with van der Waals surface area (Å²) < 4.78 is 1.92. The molecule has 5 nitrogen and oxygen atoms in total. The Morgan fingerprint density at radius 2 is 2.05 bits per heavy atom. The number of para-hydroxylation sites is 1. The molecule has 20 heavy (non-hydrogen) atoms. The van der Waals surface area contributed by atoms with E-state index >= 15 is 0 Å². The van der Waals surface area contributed by atoms with E-state index in [1.165, 1.54) is 0 Å². The topological polar surface area (TPSA) is 55.6 Å². The number of hydrogen-bond acceptors (Lipinski definition) is 4. The van der Waals surface area contributed by atoms with Crippen molar-refractivity contribution >= 4 is 16.6 Å². The highest BCUT2D eigenvalue weighted by atomic mass is 15.3. The summed E-state index contributed by atoms with van der Waals surface area (Å²) >= 11 is 0. The maximum atomic E-state index is 4.55. The van der Waals surface area contributed by atoms with Crippen LogP contribution in [0.3, 0.4) is 0 Å². The number of fused-ring (bicyclic) bond motifs is 1. The molecule has 0 fully saturated rings. The number of aromatic nitrogens is 4. The number of hydrogen-bond donors (Lipinski definition) is 1. The highest BCUT2D eigenvalue weighted by molar-refractivity contribution is 5.91. The maximum absolute atomic E-state index is 4.55. The Kier molecular flexibility index (Phi) is 3.10. The minimum Gasteiger partial charge on any atom is -0.375 e. The lowest BCUT2D eigenvalue weighted by Gasteiger charge is -2.16. The van der Waals surface area contributed by atoms with E-state index in [9.17, 15) is 0 Å². The summed E-state index contributed by atoms with van der Waals surface area (Å²) in [6, 6.07) is 10.3. The van der Waals surface area contributed by atoms with E-state index in [0.717, 1.165) is 28.1 Å². The highest BCUT2D eigenvalue weighted by Crippen LogP contribution is 2.26. The lowest BCUT2D eigenvalue weighted by molar-refractivity contribution is 0.720. The number of aryl methyl sites for hydroxylation is 2. The molecule has 0 aliphatic rings. The van der Waals surface area contributed by atoms with Crippen molar-refractivity contribution in [2.45, 2.75) is 19.9 Å². The van der Waals surface area contributed by atoms with Gasteiger partial charge in [-0.3, -0.25) is 4.98 Å². The van der Waals surface area contributed by atoms with Crippen molar-refractivity contribution in [1.29, 1.82) is 0 Å². The molecule has 3 aromatic rings. The number of rotatable bonds is 3. The van der Waals surface area contributed by atoms with Gasteiger partial charge in [0, 0.05) is 23.8 Å². The van der Waals surface area contributed by atoms with Gasteiger partial charge in [-0.2, -0.15) is 0 Å². The van der Waals surface area contributed by atoms with Crippen LogP contribution in [0, 0.1) is 6.92 Å². The summed E-state index contributed by atoms with van der Waals surface area (Å²) in [6.45, 7) is 4.08. The fourth-order valence-electron chi connectivity index (χ4n) is 2.41. The molecule has 0 amide bonds. The molecule has 0 saturated heterocycles. The van der Waals surface area contributed by atoms with Gasteiger partial charge < -0.3 is 9.88 Å². The van der Waals surface area contributed by atoms with Crippen LogP contribution in [-0.2, 0) is 7.05 Å². The highest BCUT2D eigenvalue weighted by Gasteiger charge is 2.13. The molecule has 1 unspecified atom stereocenters. The zero-order chi connectivity index (χ0) is 14.1. The van der Waals surface area contributed by atoms with Crippen LogP contribution in [0.2, 0.25) is 0 Å². The molecular formula is C15H17N5. The third kappa shape index (κ3) is 2.22. The van der Waals surface area contributed by atoms with Crippen molar-refractivity contribution in [3.63, 3.8) is 0 Å². The monoisotopic (exact) mass is 267 g/mol. The van der Waals surface area contributed by atoms with E-state index in [2.05, 4.69) is 39.6 Å². The summed E-state index contributed by atoms with van der Waals surface area (Å²) in [6.07, 6.45) is 1.71. The largest absolute Gasteiger partial charge is 0.375 e. The molecule has 3 rings (SSSR count). The molecule has 2 aromatic heterocycles. The van der Waals surface area contributed by atoms with Gasteiger partial charge in [-0.25, -0.2) is 0 Å². The predicted octanol–water partition coefficient (Wildman–Crippen LogP) is 2.84. The normalized spacial score (nSPS) is 12.6. The van der Waals surface area contributed by atoms with Crippen LogP contribution in [0.4, 0.5) is 5.69 Å². The quantitative estimate of drug-likeness (QED) is 0.792. The molecular weight excluding hydrogens is 250 g/mol. The Balaban J connectivity index is 2.00. The fourth-order valence-corrected chi connectivity index (χ4v) is 2.41. The van der Waals surface area contributed by atoms with Crippen LogP contribution in [0.1, 0.15) is 24.5 Å². The first-order chi connectivity index (χ1) is 9.65. The van der Waals surface area contributed by atoms with Crippen molar-refractivity contribution < 1.29 is 0 Å². The van der Waals surface area contributed by atoms with Crippen LogP contribution in [0.15, 0.2) is 36.7 Å². The number of benzene rings is 1. The molecule has 1 N–H and O–H groups in total. The predicted molar refractivity (Wildman–Crippen MR) is 79.5 cm³/mol. The third-order valence-corrected chi connectivity index (χ3v) is 3.35. The first kappa shape index (κ1) is 12.6. The van der Waals surface area contributed by atoms with Crippen LogP contribution in [0.5, 0.6) is 0 Å². The summed E-state index contributed by atoms with van der Waals surface area (Å²) in [5, 5.41) is 12.7. The van der Waals surface area contributed by atoms with Crippen LogP contribution in [0.25, 0.3) is 10.9 Å². The zero-order valence-electron chi connectivity index (χ0n) is 11.8. The lowest BCUT2D eigenvalue weighted by atomic mass is 10.1. The van der Waals surface area contributed by atoms with Gasteiger partial charge in [-0.05, 0) is 26.0 Å². The molecule has 0 aliphatic carbocycles. The first-order valence-electron chi connectivity index (χ1n) is 6.62. The molecule has 0 aliphatic heterocycles. The molecule has 0 spiro atoms. The Morgan fingerprint density at radius 3 is 2.80 bits per heavy atom. The first-order valence-corrected chi connectivity index (χ1v) is 6.62. The van der Waals surface area contributed by atoms with Gasteiger partial charge >= 0.3 is 0 Å². The number of nitrogens with zero attached hydrogens (tertiary/aromatic N) is 4. The maximum Gasteiger partial charge on any atom is 0.154 e. The van der Waals surface area contributed by atoms with Gasteiger partial charge in [0.05, 0.1) is 11.6 Å². The minimum atomic E-state index is 0.0766. The third-order valence-electron chi connectivity index (χ3n) is 3.35. The summed E-state index contributed by atoms with van der Waals surface area (Å²) in [4.78, 5) is 4.55. The van der Waals surface area contributed by atoms with Gasteiger partial charge in [0.1, 0.15) is 6.33 Å². The molecule has 2 heterocycles. The van der Waals surface area contributed by atoms with Crippen molar-refractivity contribution in [3.8, 4) is 0 Å². The van der Waals surface area contributed by atoms with Crippen molar-refractivity contribution in [2.24, 2.45) is 7.05 Å². The second kappa shape index (κ2) is 4.92. The van der Waals surface area contributed by atoms with E-state index in [1.807, 2.05) is 36.7 Å². The van der Waals surface area contributed by atoms with Gasteiger partial charge in [0.15, 0.2) is 5.82 Å². The SMILES string of the molecule is Cc1cc(NC(C)c2nncn2C)c2ccccc2n1. The van der Waals surface area contributed by atoms with Gasteiger partial charge in [0.25, 0.3) is 0 Å². The molecule has 1 aromatic carbocycles. The average Bonchev–Trinajstić information content (AvgIpc) is 2.85. The number of pyridine rings is 1. The Morgan fingerprint density at radius 1 is 1.25 bits per heavy atom. The number of anilines is 1. The lowest BCUT2D eigenvalue weighted by Crippen LogP contribution is -2.12. The molecule has 0 bridgehead atoms. The van der Waals surface area contributed by atoms with Gasteiger partial charge in [0.2, 0.25) is 0 Å². The van der Waals surface area contributed by atoms with E-state index in [-0.39, 0.29) is 6.04 Å². The van der Waals surface area contributed by atoms with E-state index in [4.69, 9.17) is 0 Å². The van der Waals surface area contributed by atoms with Crippen molar-refractivity contribution in [1.82, 2.24) is 19.7 Å². The molecule has 0 saturated carbocycles. The minimum absolute atomic E-state index is 0.0766. The summed E-state index contributed by atoms with van der Waals surface area (Å²) in [5.74, 6) is 0.906. The molecule has 0 radical (unpaired) electrons. The van der Waals surface area contributed by atoms with E-state index in [0.29, 0.717) is 0 Å². The average molecular weight is 267 g/mol. The van der Waals surface area contributed by atoms with Crippen LogP contribution >= 0.6 is 0 Å². The van der Waals surface area contributed by atoms with Gasteiger partial charge in [-0.15, -0.1) is 10.2 Å². The fraction of sp³-hybridized carbons (Fsp3) is 0.267. The molecule has 1 atom stereocenters. The molecule has 5 heteroatoms. The van der Waals surface area contributed by atoms with Crippen LogP contribution in [-0.4, -0.2) is 19.7 Å². The zero-order valence-corrected chi connectivity index (χ0v) is 11.8. The Bertz CT molecular complexity index is 747. The smallest absolute Gasteiger partial charge is 0.154 e. The second-order valence-electron chi connectivity index (χ2n) is 4.99. The van der Waals surface area contributed by atoms with Crippen molar-refractivity contribution in [2.75, 3.05) is 5.32 Å². The molecule has 102 valence electrons. The Labute approximate surface area is 117 Å². The van der Waals surface area contributed by atoms with Crippen molar-refractivity contribution in [3.05, 3.63) is 48.2 Å². The second-order valence-corrected chi connectivity index (χ2v) is 4.99. The number of nitrogens with one attached hydrogen (secondary N) is 1. The summed E-state index contributed by atoms with van der Waals surface area (Å²) in [7, 11) is 1.95. The Hall–Kier alpha value is -2.43. The van der Waals surface area contributed by atoms with Crippen LogP contribution < -0.4 is 5.32 Å². The van der Waals surface area contributed by atoms with E-state index < -0.39 is 0 Å².